The molecule has 2 aromatic carbocycles. The van der Waals surface area contributed by atoms with Gasteiger partial charge in [-0.15, -0.1) is 0 Å². The Bertz CT molecular complexity index is 804. The molecule has 6 nitrogen and oxygen atoms in total. The lowest BCUT2D eigenvalue weighted by molar-refractivity contribution is -0.115. The van der Waals surface area contributed by atoms with Crippen molar-refractivity contribution in [3.05, 3.63) is 59.7 Å². The van der Waals surface area contributed by atoms with Gasteiger partial charge in [-0.25, -0.2) is 0 Å². The number of hydrogen-bond donors (Lipinski definition) is 2. The zero-order valence-electron chi connectivity index (χ0n) is 11.6. The van der Waals surface area contributed by atoms with Crippen molar-refractivity contribution in [2.45, 2.75) is 17.9 Å². The van der Waals surface area contributed by atoms with E-state index in [-0.39, 0.29) is 23.8 Å². The van der Waals surface area contributed by atoms with E-state index in [2.05, 4.69) is 10.8 Å². The molecular formula is C15H14N2O4S. The number of rotatable bonds is 5. The monoisotopic (exact) mass is 318 g/mol. The minimum Gasteiger partial charge on any atom is -0.326 e. The Morgan fingerprint density at radius 1 is 1.14 bits per heavy atom. The van der Waals surface area contributed by atoms with Crippen LogP contribution in [0.3, 0.4) is 0 Å². The molecule has 2 N–H and O–H groups in total. The number of hydrogen-bond acceptors (Lipinski definition) is 5. The number of nitrogens with one attached hydrogen (secondary N) is 2. The zero-order chi connectivity index (χ0) is 15.6. The van der Waals surface area contributed by atoms with Crippen LogP contribution in [-0.4, -0.2) is 14.3 Å². The Morgan fingerprint density at radius 2 is 1.91 bits per heavy atom. The van der Waals surface area contributed by atoms with E-state index in [1.165, 1.54) is 12.1 Å². The van der Waals surface area contributed by atoms with E-state index in [0.29, 0.717) is 11.3 Å². The summed E-state index contributed by atoms with van der Waals surface area (Å²) >= 11 is 0. The van der Waals surface area contributed by atoms with Gasteiger partial charge in [0.2, 0.25) is 5.91 Å². The van der Waals surface area contributed by atoms with Crippen LogP contribution in [0.4, 0.5) is 5.69 Å². The Balaban J connectivity index is 1.68. The predicted octanol–water partition coefficient (Wildman–Crippen LogP) is 1.59. The van der Waals surface area contributed by atoms with Crippen molar-refractivity contribution in [1.29, 1.82) is 0 Å². The highest BCUT2D eigenvalue weighted by atomic mass is 32.2. The molecule has 0 saturated carbocycles. The highest BCUT2D eigenvalue weighted by Crippen LogP contribution is 2.26. The van der Waals surface area contributed by atoms with Crippen LogP contribution in [-0.2, 0) is 32.2 Å². The second-order valence-corrected chi connectivity index (χ2v) is 6.43. The van der Waals surface area contributed by atoms with E-state index in [1.54, 1.807) is 6.07 Å². The molecule has 22 heavy (non-hydrogen) atoms. The minimum absolute atomic E-state index is 0.0170. The first-order chi connectivity index (χ1) is 10.5. The third-order valence-electron chi connectivity index (χ3n) is 3.28. The topological polar surface area (TPSA) is 84.5 Å². The van der Waals surface area contributed by atoms with E-state index in [9.17, 15) is 13.2 Å². The summed E-state index contributed by atoms with van der Waals surface area (Å²) in [5, 5.41) is 2.65. The van der Waals surface area contributed by atoms with Gasteiger partial charge in [0.25, 0.3) is 0 Å². The van der Waals surface area contributed by atoms with Crippen molar-refractivity contribution in [3.63, 3.8) is 0 Å². The Hall–Kier alpha value is -2.22. The number of hydroxylamine groups is 1. The molecule has 3 rings (SSSR count). The molecule has 0 atom stereocenters. The molecule has 2 aromatic rings. The zero-order valence-corrected chi connectivity index (χ0v) is 12.4. The first-order valence-corrected chi connectivity index (χ1v) is 8.08. The molecule has 1 aliphatic heterocycles. The maximum absolute atomic E-state index is 12.1. The first kappa shape index (κ1) is 14.7. The van der Waals surface area contributed by atoms with E-state index in [1.807, 2.05) is 30.3 Å². The SMILES string of the molecule is O=C1Cc2cc(S(=O)(=O)ONCc3ccccc3)ccc2N1. The maximum atomic E-state index is 12.1. The van der Waals surface area contributed by atoms with Crippen molar-refractivity contribution in [1.82, 2.24) is 5.48 Å². The number of amides is 1. The van der Waals surface area contributed by atoms with Crippen LogP contribution in [0.25, 0.3) is 0 Å². The third kappa shape index (κ3) is 3.16. The van der Waals surface area contributed by atoms with Crippen molar-refractivity contribution >= 4 is 21.7 Å². The van der Waals surface area contributed by atoms with Crippen LogP contribution >= 0.6 is 0 Å². The molecule has 7 heteroatoms. The molecule has 1 aliphatic rings. The second kappa shape index (κ2) is 5.88. The number of carbonyl (C=O) groups excluding carboxylic acids is 1. The van der Waals surface area contributed by atoms with Crippen molar-refractivity contribution in [2.75, 3.05) is 5.32 Å². The van der Waals surface area contributed by atoms with Crippen LogP contribution in [0.5, 0.6) is 0 Å². The first-order valence-electron chi connectivity index (χ1n) is 6.68. The van der Waals surface area contributed by atoms with Gasteiger partial charge in [0.1, 0.15) is 0 Å². The molecule has 0 spiro atoms. The summed E-state index contributed by atoms with van der Waals surface area (Å²) in [6, 6.07) is 13.7. The van der Waals surface area contributed by atoms with Gasteiger partial charge < -0.3 is 5.32 Å². The fraction of sp³-hybridized carbons (Fsp3) is 0.133. The Labute approximate surface area is 128 Å². The summed E-state index contributed by atoms with van der Waals surface area (Å²) in [5.41, 5.74) is 4.64. The van der Waals surface area contributed by atoms with E-state index < -0.39 is 10.1 Å². The summed E-state index contributed by atoms with van der Waals surface area (Å²) in [5.74, 6) is -0.146. The van der Waals surface area contributed by atoms with Gasteiger partial charge in [0.05, 0.1) is 11.3 Å². The second-order valence-electron chi connectivity index (χ2n) is 4.89. The predicted molar refractivity (Wildman–Crippen MR) is 80.3 cm³/mol. The van der Waals surface area contributed by atoms with Gasteiger partial charge >= 0.3 is 10.1 Å². The van der Waals surface area contributed by atoms with Crippen LogP contribution in [0, 0.1) is 0 Å². The lowest BCUT2D eigenvalue weighted by Crippen LogP contribution is -2.20. The molecule has 1 heterocycles. The standard InChI is InChI=1S/C15H14N2O4S/c18-15-9-12-8-13(6-7-14(12)17-15)22(19,20)21-16-10-11-4-2-1-3-5-11/h1-8,16H,9-10H2,(H,17,18). The van der Waals surface area contributed by atoms with E-state index in [0.717, 1.165) is 5.56 Å². The summed E-state index contributed by atoms with van der Waals surface area (Å²) in [6.07, 6.45) is 0.177. The molecule has 0 fully saturated rings. The molecule has 1 amide bonds. The van der Waals surface area contributed by atoms with E-state index >= 15 is 0 Å². The molecule has 0 saturated heterocycles. The molecular weight excluding hydrogens is 304 g/mol. The number of fused-ring (bicyclic) bond motifs is 1. The highest BCUT2D eigenvalue weighted by Gasteiger charge is 2.22. The number of anilines is 1. The number of benzene rings is 2. The Morgan fingerprint density at radius 3 is 2.68 bits per heavy atom. The average molecular weight is 318 g/mol. The van der Waals surface area contributed by atoms with Gasteiger partial charge in [-0.3, -0.25) is 4.79 Å². The average Bonchev–Trinajstić information content (AvgIpc) is 2.87. The molecule has 0 aliphatic carbocycles. The van der Waals surface area contributed by atoms with Crippen LogP contribution < -0.4 is 10.8 Å². The van der Waals surface area contributed by atoms with Gasteiger partial charge in [0.15, 0.2) is 0 Å². The largest absolute Gasteiger partial charge is 0.326 e. The molecule has 0 radical (unpaired) electrons. The summed E-state index contributed by atoms with van der Waals surface area (Å²) in [6.45, 7) is 0.269. The highest BCUT2D eigenvalue weighted by molar-refractivity contribution is 7.86. The quantitative estimate of drug-likeness (QED) is 0.818. The molecule has 0 bridgehead atoms. The van der Waals surface area contributed by atoms with Crippen molar-refractivity contribution < 1.29 is 17.5 Å². The van der Waals surface area contributed by atoms with Crippen LogP contribution in [0.1, 0.15) is 11.1 Å². The van der Waals surface area contributed by atoms with Crippen LogP contribution in [0.2, 0.25) is 0 Å². The summed E-state index contributed by atoms with van der Waals surface area (Å²) in [7, 11) is -3.92. The van der Waals surface area contributed by atoms with Crippen molar-refractivity contribution in [3.8, 4) is 0 Å². The van der Waals surface area contributed by atoms with Gasteiger partial charge in [-0.2, -0.15) is 18.2 Å². The normalized spacial score (nSPS) is 13.7. The maximum Gasteiger partial charge on any atom is 0.312 e. The Kier molecular flexibility index (Phi) is 3.93. The fourth-order valence-corrected chi connectivity index (χ4v) is 3.03. The fourth-order valence-electron chi connectivity index (χ4n) is 2.20. The lowest BCUT2D eigenvalue weighted by atomic mass is 10.2. The number of carbonyl (C=O) groups is 1. The van der Waals surface area contributed by atoms with Crippen LogP contribution in [0.15, 0.2) is 53.4 Å². The minimum atomic E-state index is -3.92. The molecule has 0 aromatic heterocycles. The summed E-state index contributed by atoms with van der Waals surface area (Å²) in [4.78, 5) is 11.3. The van der Waals surface area contributed by atoms with Crippen molar-refractivity contribution in [2.24, 2.45) is 0 Å². The van der Waals surface area contributed by atoms with Gasteiger partial charge in [-0.05, 0) is 29.3 Å². The summed E-state index contributed by atoms with van der Waals surface area (Å²) < 4.78 is 29.1. The molecule has 114 valence electrons. The van der Waals surface area contributed by atoms with Gasteiger partial charge in [-0.1, -0.05) is 30.3 Å². The smallest absolute Gasteiger partial charge is 0.312 e. The third-order valence-corrected chi connectivity index (χ3v) is 4.45. The molecule has 0 unspecified atom stereocenters. The lowest BCUT2D eigenvalue weighted by Gasteiger charge is -2.08. The van der Waals surface area contributed by atoms with Gasteiger partial charge in [0, 0.05) is 12.2 Å². The van der Waals surface area contributed by atoms with E-state index in [4.69, 9.17) is 4.28 Å².